The molecule has 0 radical (unpaired) electrons. The average Bonchev–Trinajstić information content (AvgIpc) is 3.61. The molecule has 4 aromatic heterocycles. The van der Waals surface area contributed by atoms with Crippen LogP contribution in [0.2, 0.25) is 0 Å². The van der Waals surface area contributed by atoms with Gasteiger partial charge in [0.1, 0.15) is 17.2 Å². The van der Waals surface area contributed by atoms with Crippen molar-refractivity contribution >= 4 is 28.7 Å². The summed E-state index contributed by atoms with van der Waals surface area (Å²) in [5.41, 5.74) is 9.93. The van der Waals surface area contributed by atoms with E-state index in [2.05, 4.69) is 25.3 Å². The van der Waals surface area contributed by atoms with Gasteiger partial charge < -0.3 is 15.7 Å². The summed E-state index contributed by atoms with van der Waals surface area (Å²) in [6, 6.07) is 0.283. The number of nitrogens with zero attached hydrogens (tertiary/aromatic N) is 7. The summed E-state index contributed by atoms with van der Waals surface area (Å²) < 4.78 is 1.67. The lowest BCUT2D eigenvalue weighted by atomic mass is 9.86. The van der Waals surface area contributed by atoms with Crippen LogP contribution in [0.3, 0.4) is 0 Å². The Bertz CT molecular complexity index is 1330. The summed E-state index contributed by atoms with van der Waals surface area (Å²) >= 11 is 1.42. The smallest absolute Gasteiger partial charge is 0.291 e. The van der Waals surface area contributed by atoms with Gasteiger partial charge >= 0.3 is 0 Å². The number of hydrogen-bond acceptors (Lipinski definition) is 9. The van der Waals surface area contributed by atoms with Crippen molar-refractivity contribution in [1.29, 1.82) is 0 Å². The molecule has 0 spiro atoms. The third-order valence-electron chi connectivity index (χ3n) is 6.89. The molecule has 0 aliphatic carbocycles. The maximum Gasteiger partial charge on any atom is 0.291 e. The molecule has 2 aliphatic heterocycles. The minimum Gasteiger partial charge on any atom is -0.389 e. The van der Waals surface area contributed by atoms with Crippen LogP contribution in [0.1, 0.15) is 58.5 Å². The number of fused-ring (bicyclic) bond motifs is 3. The lowest BCUT2D eigenvalue weighted by Crippen LogP contribution is -2.46. The topological polar surface area (TPSA) is 151 Å². The van der Waals surface area contributed by atoms with Crippen molar-refractivity contribution in [2.45, 2.75) is 57.2 Å². The Labute approximate surface area is 192 Å². The van der Waals surface area contributed by atoms with Crippen molar-refractivity contribution < 1.29 is 9.90 Å². The second-order valence-electron chi connectivity index (χ2n) is 8.68. The van der Waals surface area contributed by atoms with E-state index in [1.165, 1.54) is 17.7 Å². The van der Waals surface area contributed by atoms with Crippen LogP contribution < -0.4 is 5.73 Å². The predicted octanol–water partition coefficient (Wildman–Crippen LogP) is 1.90. The number of anilines is 1. The summed E-state index contributed by atoms with van der Waals surface area (Å²) in [7, 11) is 0. The standard InChI is InChI=1S/C21H23N9O2S/c1-10-17(11-4-12-2-3-13(5-11)29(12)21(32)19-24-9-25-28-19)27-20-14(6-26-30(20)18(10)22)15-7-23-16(8-31)33-15/h6-7,9,11-13,31H,2-5,8,22H2,1H3,(H,24,25,28). The zero-order valence-corrected chi connectivity index (χ0v) is 18.8. The monoisotopic (exact) mass is 465 g/mol. The molecular formula is C21H23N9O2S. The molecule has 33 heavy (non-hydrogen) atoms. The number of nitrogens with two attached hydrogens (primary N) is 1. The molecule has 4 N–H and O–H groups in total. The van der Waals surface area contributed by atoms with Crippen LogP contribution >= 0.6 is 11.3 Å². The van der Waals surface area contributed by atoms with Crippen LogP contribution in [-0.4, -0.2) is 62.8 Å². The van der Waals surface area contributed by atoms with E-state index in [9.17, 15) is 9.90 Å². The molecule has 2 atom stereocenters. The third kappa shape index (κ3) is 3.12. The Morgan fingerprint density at radius 1 is 1.27 bits per heavy atom. The quantitative estimate of drug-likeness (QED) is 0.413. The first kappa shape index (κ1) is 20.2. The number of rotatable bonds is 4. The molecule has 0 aromatic carbocycles. The van der Waals surface area contributed by atoms with E-state index in [0.29, 0.717) is 22.3 Å². The van der Waals surface area contributed by atoms with Crippen molar-refractivity contribution in [3.8, 4) is 10.4 Å². The van der Waals surface area contributed by atoms with Gasteiger partial charge in [-0.1, -0.05) is 0 Å². The molecule has 2 aliphatic rings. The lowest BCUT2D eigenvalue weighted by Gasteiger charge is -2.38. The second-order valence-corrected chi connectivity index (χ2v) is 9.79. The molecule has 6 heterocycles. The number of amides is 1. The number of aromatic amines is 1. The molecule has 2 bridgehead atoms. The second kappa shape index (κ2) is 7.59. The first-order valence-electron chi connectivity index (χ1n) is 10.9. The Kier molecular flexibility index (Phi) is 4.66. The molecule has 11 nitrogen and oxygen atoms in total. The van der Waals surface area contributed by atoms with E-state index in [1.54, 1.807) is 16.9 Å². The largest absolute Gasteiger partial charge is 0.389 e. The van der Waals surface area contributed by atoms with Gasteiger partial charge in [-0.3, -0.25) is 9.89 Å². The number of nitrogens with one attached hydrogen (secondary N) is 1. The van der Waals surface area contributed by atoms with Gasteiger partial charge in [0.25, 0.3) is 5.91 Å². The Morgan fingerprint density at radius 3 is 2.73 bits per heavy atom. The van der Waals surface area contributed by atoms with E-state index in [0.717, 1.165) is 47.4 Å². The first-order chi connectivity index (χ1) is 16.0. The van der Waals surface area contributed by atoms with Crippen molar-refractivity contribution in [2.24, 2.45) is 0 Å². The molecule has 2 unspecified atom stereocenters. The molecule has 1 amide bonds. The molecule has 12 heteroatoms. The molecule has 2 fully saturated rings. The normalized spacial score (nSPS) is 22.4. The van der Waals surface area contributed by atoms with Gasteiger partial charge in [0.05, 0.1) is 28.9 Å². The average molecular weight is 466 g/mol. The highest BCUT2D eigenvalue weighted by molar-refractivity contribution is 7.15. The maximum atomic E-state index is 13.0. The fourth-order valence-electron chi connectivity index (χ4n) is 5.36. The van der Waals surface area contributed by atoms with Crippen molar-refractivity contribution in [3.63, 3.8) is 0 Å². The van der Waals surface area contributed by atoms with Gasteiger partial charge in [-0.15, -0.1) is 11.3 Å². The number of H-pyrrole nitrogens is 1. The molecule has 4 aromatic rings. The van der Waals surface area contributed by atoms with Gasteiger partial charge in [0.2, 0.25) is 5.82 Å². The van der Waals surface area contributed by atoms with Crippen molar-refractivity contribution in [1.82, 2.24) is 39.7 Å². The number of carbonyl (C=O) groups excluding carboxylic acids is 1. The summed E-state index contributed by atoms with van der Waals surface area (Å²) in [5.74, 6) is 0.980. The first-order valence-corrected chi connectivity index (χ1v) is 11.7. The summed E-state index contributed by atoms with van der Waals surface area (Å²) in [5, 5.41) is 21.0. The number of piperidine rings is 1. The molecular weight excluding hydrogens is 442 g/mol. The minimum absolute atomic E-state index is 0.0824. The van der Waals surface area contributed by atoms with Crippen LogP contribution in [0.25, 0.3) is 16.1 Å². The number of nitrogen functional groups attached to an aromatic ring is 1. The zero-order valence-electron chi connectivity index (χ0n) is 18.0. The van der Waals surface area contributed by atoms with Gasteiger partial charge in [-0.25, -0.2) is 15.0 Å². The third-order valence-corrected chi connectivity index (χ3v) is 7.91. The Hall–Kier alpha value is -3.38. The number of aliphatic hydroxyl groups excluding tert-OH is 1. The number of thiazole rings is 1. The lowest BCUT2D eigenvalue weighted by molar-refractivity contribution is 0.0557. The highest BCUT2D eigenvalue weighted by Gasteiger charge is 2.45. The van der Waals surface area contributed by atoms with Gasteiger partial charge in [0, 0.05) is 29.8 Å². The van der Waals surface area contributed by atoms with Crippen LogP contribution in [0.15, 0.2) is 18.7 Å². The van der Waals surface area contributed by atoms with Gasteiger partial charge in [-0.05, 0) is 32.6 Å². The highest BCUT2D eigenvalue weighted by atomic mass is 32.1. The van der Waals surface area contributed by atoms with Crippen LogP contribution in [0.4, 0.5) is 5.82 Å². The highest BCUT2D eigenvalue weighted by Crippen LogP contribution is 2.44. The van der Waals surface area contributed by atoms with Crippen molar-refractivity contribution in [2.75, 3.05) is 5.73 Å². The fraction of sp³-hybridized carbons (Fsp3) is 0.429. The predicted molar refractivity (Wildman–Crippen MR) is 121 cm³/mol. The van der Waals surface area contributed by atoms with Gasteiger partial charge in [0.15, 0.2) is 5.65 Å². The summed E-state index contributed by atoms with van der Waals surface area (Å²) in [6.07, 6.45) is 8.46. The van der Waals surface area contributed by atoms with Gasteiger partial charge in [-0.2, -0.15) is 14.7 Å². The number of aliphatic hydroxyl groups is 1. The molecule has 2 saturated heterocycles. The maximum absolute atomic E-state index is 13.0. The Balaban J connectivity index is 1.36. The minimum atomic E-state index is -0.0993. The SMILES string of the molecule is Cc1c(C2CC3CCC(C2)N3C(=O)c2ncn[nH]2)nc2c(-c3cnc(CO)s3)cnn2c1N. The van der Waals surface area contributed by atoms with E-state index >= 15 is 0 Å². The van der Waals surface area contributed by atoms with Crippen molar-refractivity contribution in [3.05, 3.63) is 40.8 Å². The fourth-order valence-corrected chi connectivity index (χ4v) is 6.14. The molecule has 170 valence electrons. The number of hydrogen-bond donors (Lipinski definition) is 3. The van der Waals surface area contributed by atoms with Crippen LogP contribution in [-0.2, 0) is 6.61 Å². The number of carbonyl (C=O) groups is 1. The zero-order chi connectivity index (χ0) is 22.7. The van der Waals surface area contributed by atoms with Crippen LogP contribution in [0, 0.1) is 6.92 Å². The van der Waals surface area contributed by atoms with E-state index in [-0.39, 0.29) is 30.5 Å². The molecule has 6 rings (SSSR count). The Morgan fingerprint density at radius 2 is 2.06 bits per heavy atom. The van der Waals surface area contributed by atoms with E-state index < -0.39 is 0 Å². The summed E-state index contributed by atoms with van der Waals surface area (Å²) in [6.45, 7) is 1.89. The van der Waals surface area contributed by atoms with E-state index in [4.69, 9.17) is 10.7 Å². The molecule has 0 saturated carbocycles. The summed E-state index contributed by atoms with van der Waals surface area (Å²) in [4.78, 5) is 29.2. The van der Waals surface area contributed by atoms with Crippen LogP contribution in [0.5, 0.6) is 0 Å². The number of aromatic nitrogens is 7. The van der Waals surface area contributed by atoms with E-state index in [1.807, 2.05) is 11.8 Å².